The van der Waals surface area contributed by atoms with Crippen LogP contribution in [0.1, 0.15) is 25.5 Å². The molecule has 102 valence electrons. The Morgan fingerprint density at radius 3 is 2.30 bits per heavy atom. The molecule has 1 aromatic carbocycles. The summed E-state index contributed by atoms with van der Waals surface area (Å²) in [5.74, 6) is 2.03. The molecule has 4 unspecified atom stereocenters. The predicted molar refractivity (Wildman–Crippen MR) is 78.9 cm³/mol. The monoisotopic (exact) mass is 267 g/mol. The smallest absolute Gasteiger partial charge is 0.284 e. The van der Waals surface area contributed by atoms with Crippen LogP contribution in [0.25, 0.3) is 0 Å². The van der Waals surface area contributed by atoms with Gasteiger partial charge in [-0.25, -0.2) is 0 Å². The molecule has 0 N–H and O–H groups in total. The van der Waals surface area contributed by atoms with Gasteiger partial charge in [0.15, 0.2) is 0 Å². The fourth-order valence-electron chi connectivity index (χ4n) is 3.02. The summed E-state index contributed by atoms with van der Waals surface area (Å²) < 4.78 is 6.30. The third-order valence-corrected chi connectivity index (χ3v) is 4.41. The van der Waals surface area contributed by atoms with E-state index in [2.05, 4.69) is 38.1 Å². The minimum absolute atomic E-state index is 0.0482. The lowest BCUT2D eigenvalue weighted by Crippen LogP contribution is -2.23. The zero-order valence-electron chi connectivity index (χ0n) is 11.8. The van der Waals surface area contributed by atoms with Crippen molar-refractivity contribution in [1.29, 1.82) is 0 Å². The highest BCUT2D eigenvalue weighted by molar-refractivity contribution is 6.01. The molecule has 1 aromatic rings. The molecule has 0 amide bonds. The lowest BCUT2D eigenvalue weighted by molar-refractivity contribution is -0.110. The van der Waals surface area contributed by atoms with Gasteiger partial charge >= 0.3 is 0 Å². The van der Waals surface area contributed by atoms with Crippen molar-refractivity contribution in [2.45, 2.75) is 26.1 Å². The molecule has 0 radical (unpaired) electrons. The number of ketones is 1. The van der Waals surface area contributed by atoms with E-state index in [1.165, 1.54) is 5.56 Å². The molecule has 20 heavy (non-hydrogen) atoms. The van der Waals surface area contributed by atoms with Gasteiger partial charge < -0.3 is 4.74 Å². The first kappa shape index (κ1) is 13.2. The first-order valence-electron chi connectivity index (χ1n) is 7.14. The van der Waals surface area contributed by atoms with Gasteiger partial charge in [0.25, 0.3) is 5.78 Å². The van der Waals surface area contributed by atoms with Crippen LogP contribution in [0.2, 0.25) is 0 Å². The quantitative estimate of drug-likeness (QED) is 0.764. The van der Waals surface area contributed by atoms with Crippen LogP contribution in [0.5, 0.6) is 0 Å². The number of benzene rings is 1. The second-order valence-electron chi connectivity index (χ2n) is 5.68. The van der Waals surface area contributed by atoms with Gasteiger partial charge in [-0.1, -0.05) is 44.2 Å². The van der Waals surface area contributed by atoms with Gasteiger partial charge in [-0.3, -0.25) is 4.79 Å². The van der Waals surface area contributed by atoms with Gasteiger partial charge in [-0.15, -0.1) is 0 Å². The average molecular weight is 267 g/mol. The van der Waals surface area contributed by atoms with E-state index in [-0.39, 0.29) is 18.0 Å². The van der Waals surface area contributed by atoms with Crippen LogP contribution < -0.4 is 0 Å². The Balaban J connectivity index is 1.81. The van der Waals surface area contributed by atoms with Crippen LogP contribution in [0.3, 0.4) is 0 Å². The van der Waals surface area contributed by atoms with Gasteiger partial charge in [-0.2, -0.15) is 0 Å². The topological polar surface area (TPSA) is 26.3 Å². The molecule has 1 aliphatic carbocycles. The molecule has 1 fully saturated rings. The van der Waals surface area contributed by atoms with Crippen LogP contribution >= 0.6 is 0 Å². The molecule has 2 aliphatic rings. The highest BCUT2D eigenvalue weighted by Gasteiger charge is 2.45. The van der Waals surface area contributed by atoms with Crippen molar-refractivity contribution in [3.05, 3.63) is 66.1 Å². The van der Waals surface area contributed by atoms with E-state index >= 15 is 0 Å². The summed E-state index contributed by atoms with van der Waals surface area (Å²) in [6.45, 7) is 4.47. The van der Waals surface area contributed by atoms with E-state index < -0.39 is 0 Å². The fraction of sp³-hybridized carbons (Fsp3) is 0.333. The average Bonchev–Trinajstić information content (AvgIpc) is 2.77. The van der Waals surface area contributed by atoms with Crippen LogP contribution in [0.4, 0.5) is 0 Å². The molecule has 0 saturated carbocycles. The Morgan fingerprint density at radius 1 is 1.00 bits per heavy atom. The molecule has 0 bridgehead atoms. The summed E-state index contributed by atoms with van der Waals surface area (Å²) in [5, 5.41) is 0. The van der Waals surface area contributed by atoms with Crippen molar-refractivity contribution < 1.29 is 9.53 Å². The number of rotatable bonds is 2. The number of carbonyl (C=O) groups is 1. The molecule has 1 saturated heterocycles. The molecule has 0 aromatic heterocycles. The van der Waals surface area contributed by atoms with Crippen molar-refractivity contribution >= 4 is 5.78 Å². The summed E-state index contributed by atoms with van der Waals surface area (Å²) >= 11 is 0. The van der Waals surface area contributed by atoms with Crippen molar-refractivity contribution in [1.82, 2.24) is 0 Å². The Hall–Kier alpha value is -1.80. The Kier molecular flexibility index (Phi) is 3.49. The van der Waals surface area contributed by atoms with Crippen LogP contribution in [0, 0.1) is 17.8 Å². The molecular formula is C18H19O2+. The van der Waals surface area contributed by atoms with Gasteiger partial charge in [0, 0.05) is 5.92 Å². The van der Waals surface area contributed by atoms with Gasteiger partial charge in [0.2, 0.25) is 0 Å². The van der Waals surface area contributed by atoms with Crippen molar-refractivity contribution in [3.8, 4) is 0 Å². The van der Waals surface area contributed by atoms with Crippen LogP contribution in [0.15, 0.2) is 54.6 Å². The first-order chi connectivity index (χ1) is 9.66. The van der Waals surface area contributed by atoms with E-state index in [1.54, 1.807) is 12.2 Å². The SMILES string of the molecule is CC1C(c2ccccc2)OC([C+]2C=CC(=O)C=C2)C1C. The van der Waals surface area contributed by atoms with Crippen LogP contribution in [-0.2, 0) is 9.53 Å². The largest absolute Gasteiger partial charge is 0.352 e. The highest BCUT2D eigenvalue weighted by atomic mass is 16.5. The molecule has 1 heterocycles. The third-order valence-electron chi connectivity index (χ3n) is 4.41. The van der Waals surface area contributed by atoms with E-state index in [4.69, 9.17) is 4.74 Å². The summed E-state index contributed by atoms with van der Waals surface area (Å²) in [6, 6.07) is 10.4. The van der Waals surface area contributed by atoms with Gasteiger partial charge in [0.05, 0.1) is 36.3 Å². The molecule has 4 atom stereocenters. The van der Waals surface area contributed by atoms with E-state index in [1.807, 2.05) is 18.2 Å². The number of hydrogen-bond acceptors (Lipinski definition) is 2. The predicted octanol–water partition coefficient (Wildman–Crippen LogP) is 3.67. The van der Waals surface area contributed by atoms with Gasteiger partial charge in [0.1, 0.15) is 6.10 Å². The summed E-state index contributed by atoms with van der Waals surface area (Å²) in [5.41, 5.74) is 1.23. The van der Waals surface area contributed by atoms with Crippen molar-refractivity contribution in [2.75, 3.05) is 0 Å². The van der Waals surface area contributed by atoms with Crippen molar-refractivity contribution in [3.63, 3.8) is 0 Å². The highest BCUT2D eigenvalue weighted by Crippen LogP contribution is 2.45. The summed E-state index contributed by atoms with van der Waals surface area (Å²) in [6.07, 6.45) is 7.21. The maximum absolute atomic E-state index is 11.2. The molecule has 3 rings (SSSR count). The fourth-order valence-corrected chi connectivity index (χ4v) is 3.02. The Labute approximate surface area is 120 Å². The van der Waals surface area contributed by atoms with E-state index in [0.717, 1.165) is 5.92 Å². The molecule has 2 heteroatoms. The van der Waals surface area contributed by atoms with Gasteiger partial charge in [-0.05, 0) is 11.5 Å². The van der Waals surface area contributed by atoms with E-state index in [0.29, 0.717) is 11.8 Å². The number of carbonyl (C=O) groups excluding carboxylic acids is 1. The van der Waals surface area contributed by atoms with Crippen molar-refractivity contribution in [2.24, 2.45) is 11.8 Å². The number of ether oxygens (including phenoxy) is 1. The molecule has 0 spiro atoms. The summed E-state index contributed by atoms with van der Waals surface area (Å²) in [7, 11) is 0. The molecular weight excluding hydrogens is 248 g/mol. The van der Waals surface area contributed by atoms with Crippen LogP contribution in [-0.4, -0.2) is 11.9 Å². The number of hydrogen-bond donors (Lipinski definition) is 0. The number of allylic oxidation sites excluding steroid dienone is 2. The third kappa shape index (κ3) is 2.32. The first-order valence-corrected chi connectivity index (χ1v) is 7.14. The lowest BCUT2D eigenvalue weighted by Gasteiger charge is -2.17. The minimum Gasteiger partial charge on any atom is -0.352 e. The lowest BCUT2D eigenvalue weighted by atomic mass is 9.82. The zero-order valence-corrected chi connectivity index (χ0v) is 11.8. The van der Waals surface area contributed by atoms with E-state index in [9.17, 15) is 4.79 Å². The minimum atomic E-state index is 0.0482. The standard InChI is InChI=1S/C18H19O2/c1-12-13(2)18(15-8-10-16(19)11-9-15)20-17(12)14-6-4-3-5-7-14/h3-13,17-18H,1-2H3/q+1. The Morgan fingerprint density at radius 2 is 1.65 bits per heavy atom. The maximum atomic E-state index is 11.2. The normalized spacial score (nSPS) is 32.9. The zero-order chi connectivity index (χ0) is 14.1. The summed E-state index contributed by atoms with van der Waals surface area (Å²) in [4.78, 5) is 11.2. The second kappa shape index (κ2) is 5.29. The molecule has 2 nitrogen and oxygen atoms in total. The second-order valence-corrected chi connectivity index (χ2v) is 5.68. The maximum Gasteiger partial charge on any atom is 0.284 e. The Bertz CT molecular complexity index is 528. The molecule has 1 aliphatic heterocycles.